The number of carbonyl (C=O) groups excluding carboxylic acids is 1. The van der Waals surface area contributed by atoms with Crippen LogP contribution in [0.15, 0.2) is 24.5 Å². The molecule has 0 spiro atoms. The molecule has 0 aliphatic carbocycles. The highest BCUT2D eigenvalue weighted by molar-refractivity contribution is 6.28. The normalized spacial score (nSPS) is 10.7. The molecule has 0 radical (unpaired) electrons. The van der Waals surface area contributed by atoms with E-state index in [9.17, 15) is 9.18 Å². The van der Waals surface area contributed by atoms with Gasteiger partial charge in [-0.2, -0.15) is 0 Å². The molecule has 1 heterocycles. The van der Waals surface area contributed by atoms with Crippen LogP contribution >= 0.6 is 11.6 Å². The molecular formula is C15H12ClFN2O3. The molecule has 0 bridgehead atoms. The third-order valence-electron chi connectivity index (χ3n) is 2.80. The predicted molar refractivity (Wildman–Crippen MR) is 80.3 cm³/mol. The molecule has 0 atom stereocenters. The van der Waals surface area contributed by atoms with E-state index in [0.717, 1.165) is 0 Å². The molecule has 2 aromatic rings. The Bertz CT molecular complexity index is 717. The average molecular weight is 323 g/mol. The van der Waals surface area contributed by atoms with Gasteiger partial charge in [-0.1, -0.05) is 12.2 Å². The van der Waals surface area contributed by atoms with Crippen molar-refractivity contribution in [3.05, 3.63) is 52.3 Å². The fraction of sp³-hybridized carbons (Fsp3) is 0.133. The van der Waals surface area contributed by atoms with E-state index in [-0.39, 0.29) is 22.2 Å². The number of aromatic nitrogens is 2. The summed E-state index contributed by atoms with van der Waals surface area (Å²) < 4.78 is 23.8. The Labute approximate surface area is 131 Å². The summed E-state index contributed by atoms with van der Waals surface area (Å²) in [5.74, 6) is -1.21. The third-order valence-corrected chi connectivity index (χ3v) is 3.00. The minimum Gasteiger partial charge on any atom is -0.494 e. The van der Waals surface area contributed by atoms with Gasteiger partial charge in [0.15, 0.2) is 11.6 Å². The molecule has 0 amide bonds. The molecule has 0 N–H and O–H groups in total. The number of halogens is 2. The Hall–Kier alpha value is -2.47. The molecule has 0 saturated heterocycles. The Morgan fingerprint density at radius 2 is 1.91 bits per heavy atom. The molecule has 1 aromatic carbocycles. The average Bonchev–Trinajstić information content (AvgIpc) is 2.54. The van der Waals surface area contributed by atoms with Crippen LogP contribution in [0.3, 0.4) is 0 Å². The first-order chi connectivity index (χ1) is 10.5. The lowest BCUT2D eigenvalue weighted by Gasteiger charge is -2.08. The predicted octanol–water partition coefficient (Wildman–Crippen LogP) is 3.23. The Morgan fingerprint density at radius 3 is 2.50 bits per heavy atom. The highest BCUT2D eigenvalue weighted by atomic mass is 35.5. The zero-order valence-corrected chi connectivity index (χ0v) is 12.6. The maximum Gasteiger partial charge on any atom is 0.338 e. The number of nitrogens with zero attached hydrogens (tertiary/aromatic N) is 2. The van der Waals surface area contributed by atoms with Crippen molar-refractivity contribution in [2.45, 2.75) is 0 Å². The zero-order chi connectivity index (χ0) is 16.1. The Morgan fingerprint density at radius 1 is 1.23 bits per heavy atom. The fourth-order valence-electron chi connectivity index (χ4n) is 1.72. The molecule has 5 nitrogen and oxygen atoms in total. The van der Waals surface area contributed by atoms with E-state index in [0.29, 0.717) is 5.56 Å². The van der Waals surface area contributed by atoms with Crippen molar-refractivity contribution < 1.29 is 18.7 Å². The van der Waals surface area contributed by atoms with Crippen molar-refractivity contribution in [3.8, 4) is 5.75 Å². The summed E-state index contributed by atoms with van der Waals surface area (Å²) in [6, 6.07) is 2.65. The number of rotatable bonds is 4. The second-order valence-electron chi connectivity index (χ2n) is 4.19. The molecular weight excluding hydrogens is 311 g/mol. The van der Waals surface area contributed by atoms with Gasteiger partial charge in [0.05, 0.1) is 19.8 Å². The summed E-state index contributed by atoms with van der Waals surface area (Å²) in [6.07, 6.45) is 6.06. The van der Waals surface area contributed by atoms with Crippen LogP contribution in [0.25, 0.3) is 12.2 Å². The summed E-state index contributed by atoms with van der Waals surface area (Å²) in [6.45, 7) is 0. The van der Waals surface area contributed by atoms with E-state index in [1.807, 2.05) is 0 Å². The van der Waals surface area contributed by atoms with Gasteiger partial charge < -0.3 is 9.47 Å². The fourth-order valence-corrected chi connectivity index (χ4v) is 1.82. The smallest absolute Gasteiger partial charge is 0.338 e. The van der Waals surface area contributed by atoms with Crippen molar-refractivity contribution in [1.29, 1.82) is 0 Å². The number of ether oxygens (including phenoxy) is 2. The topological polar surface area (TPSA) is 61.3 Å². The van der Waals surface area contributed by atoms with Crippen LogP contribution in [0.1, 0.15) is 21.5 Å². The summed E-state index contributed by atoms with van der Waals surface area (Å²) in [4.78, 5) is 19.2. The van der Waals surface area contributed by atoms with Crippen molar-refractivity contribution in [2.75, 3.05) is 14.2 Å². The Kier molecular flexibility index (Phi) is 5.06. The molecule has 0 aliphatic heterocycles. The number of hydrogen-bond donors (Lipinski definition) is 0. The maximum absolute atomic E-state index is 14.2. The van der Waals surface area contributed by atoms with Gasteiger partial charge in [-0.05, 0) is 23.7 Å². The first-order valence-corrected chi connectivity index (χ1v) is 6.54. The summed E-state index contributed by atoms with van der Waals surface area (Å²) in [5, 5.41) is 0.123. The number of hydrogen-bond acceptors (Lipinski definition) is 5. The van der Waals surface area contributed by atoms with Crippen LogP contribution in [0.4, 0.5) is 4.39 Å². The minimum absolute atomic E-state index is 0.0464. The lowest BCUT2D eigenvalue weighted by molar-refractivity contribution is 0.0600. The number of esters is 1. The van der Waals surface area contributed by atoms with E-state index in [1.165, 1.54) is 44.8 Å². The molecule has 7 heteroatoms. The van der Waals surface area contributed by atoms with Crippen LogP contribution < -0.4 is 4.74 Å². The van der Waals surface area contributed by atoms with E-state index in [4.69, 9.17) is 16.3 Å². The van der Waals surface area contributed by atoms with Gasteiger partial charge in [0.2, 0.25) is 5.28 Å². The van der Waals surface area contributed by atoms with Crippen molar-refractivity contribution in [2.24, 2.45) is 0 Å². The first kappa shape index (κ1) is 15.9. The van der Waals surface area contributed by atoms with Crippen LogP contribution in [-0.2, 0) is 4.74 Å². The molecule has 1 aromatic heterocycles. The van der Waals surface area contributed by atoms with Gasteiger partial charge in [-0.15, -0.1) is 0 Å². The van der Waals surface area contributed by atoms with Gasteiger partial charge in [0, 0.05) is 23.5 Å². The van der Waals surface area contributed by atoms with Gasteiger partial charge in [0.1, 0.15) is 0 Å². The number of methoxy groups -OCH3 is 2. The third kappa shape index (κ3) is 3.59. The SMILES string of the molecule is COC(=O)c1cc(C=Cc2cnc(Cl)nc2)c(F)c(OC)c1. The lowest BCUT2D eigenvalue weighted by Crippen LogP contribution is -2.03. The van der Waals surface area contributed by atoms with Crippen LogP contribution in [0.5, 0.6) is 5.75 Å². The zero-order valence-electron chi connectivity index (χ0n) is 11.8. The van der Waals surface area contributed by atoms with Crippen molar-refractivity contribution in [1.82, 2.24) is 9.97 Å². The summed E-state index contributed by atoms with van der Waals surface area (Å²) >= 11 is 5.59. The standard InChI is InChI=1S/C15H12ClFN2O3/c1-21-12-6-11(14(20)22-2)5-10(13(12)17)4-3-9-7-18-15(16)19-8-9/h3-8H,1-2H3. The molecule has 114 valence electrons. The van der Waals surface area contributed by atoms with Gasteiger partial charge in [-0.3, -0.25) is 0 Å². The second-order valence-corrected chi connectivity index (χ2v) is 4.53. The van der Waals surface area contributed by atoms with Crippen LogP contribution in [0, 0.1) is 5.82 Å². The van der Waals surface area contributed by atoms with Gasteiger partial charge >= 0.3 is 5.97 Å². The highest BCUT2D eigenvalue weighted by Crippen LogP contribution is 2.25. The molecule has 0 aliphatic rings. The van der Waals surface area contributed by atoms with Crippen molar-refractivity contribution in [3.63, 3.8) is 0 Å². The summed E-state index contributed by atoms with van der Waals surface area (Å²) in [5.41, 5.74) is 0.994. The summed E-state index contributed by atoms with van der Waals surface area (Å²) in [7, 11) is 2.57. The first-order valence-electron chi connectivity index (χ1n) is 6.16. The number of benzene rings is 1. The molecule has 22 heavy (non-hydrogen) atoms. The largest absolute Gasteiger partial charge is 0.494 e. The minimum atomic E-state index is -0.582. The van der Waals surface area contributed by atoms with Gasteiger partial charge in [0.25, 0.3) is 0 Å². The van der Waals surface area contributed by atoms with Crippen LogP contribution in [0.2, 0.25) is 5.28 Å². The van der Waals surface area contributed by atoms with E-state index in [2.05, 4.69) is 14.7 Å². The maximum atomic E-state index is 14.2. The van der Waals surface area contributed by atoms with E-state index < -0.39 is 11.8 Å². The van der Waals surface area contributed by atoms with E-state index in [1.54, 1.807) is 6.08 Å². The Balaban J connectivity index is 2.40. The lowest BCUT2D eigenvalue weighted by atomic mass is 10.1. The van der Waals surface area contributed by atoms with Crippen molar-refractivity contribution >= 4 is 29.7 Å². The second kappa shape index (κ2) is 7.00. The molecule has 0 saturated carbocycles. The molecule has 0 unspecified atom stereocenters. The van der Waals surface area contributed by atoms with Gasteiger partial charge in [-0.25, -0.2) is 19.2 Å². The van der Waals surface area contributed by atoms with E-state index >= 15 is 0 Å². The number of carbonyl (C=O) groups is 1. The van der Waals surface area contributed by atoms with Crippen LogP contribution in [-0.4, -0.2) is 30.2 Å². The quantitative estimate of drug-likeness (QED) is 0.639. The highest BCUT2D eigenvalue weighted by Gasteiger charge is 2.14. The molecule has 0 fully saturated rings. The monoisotopic (exact) mass is 322 g/mol. The molecule has 2 rings (SSSR count).